The molecule has 1 unspecified atom stereocenters. The second kappa shape index (κ2) is 11.4. The van der Waals surface area contributed by atoms with Crippen LogP contribution in [0.4, 0.5) is 0 Å². The van der Waals surface area contributed by atoms with Gasteiger partial charge in [0.15, 0.2) is 6.29 Å². The van der Waals surface area contributed by atoms with E-state index in [0.29, 0.717) is 30.8 Å². The number of aliphatic carboxylic acids is 1. The molecule has 9 nitrogen and oxygen atoms in total. The van der Waals surface area contributed by atoms with Gasteiger partial charge in [-0.25, -0.2) is 4.79 Å². The van der Waals surface area contributed by atoms with Crippen molar-refractivity contribution in [3.63, 3.8) is 0 Å². The first-order valence-electron chi connectivity index (χ1n) is 16.8. The highest BCUT2D eigenvalue weighted by Gasteiger charge is 2.74. The van der Waals surface area contributed by atoms with Gasteiger partial charge in [0.2, 0.25) is 0 Å². The monoisotopic (exact) mass is 622 g/mol. The molecule has 0 radical (unpaired) electrons. The lowest BCUT2D eigenvalue weighted by atomic mass is 9.43. The van der Waals surface area contributed by atoms with E-state index in [1.54, 1.807) is 13.2 Å². The van der Waals surface area contributed by atoms with Gasteiger partial charge < -0.3 is 28.8 Å². The summed E-state index contributed by atoms with van der Waals surface area (Å²) in [5.74, 6) is 0.686. The Morgan fingerprint density at radius 2 is 1.82 bits per heavy atom. The molecular weight excluding hydrogens is 576 g/mol. The minimum Gasteiger partial charge on any atom is -0.497 e. The van der Waals surface area contributed by atoms with Crippen molar-refractivity contribution in [1.82, 2.24) is 0 Å². The molecule has 1 N–H and O–H groups in total. The molecule has 7 rings (SSSR count). The van der Waals surface area contributed by atoms with Crippen LogP contribution in [0.5, 0.6) is 5.75 Å². The van der Waals surface area contributed by atoms with E-state index in [0.717, 1.165) is 68.3 Å². The summed E-state index contributed by atoms with van der Waals surface area (Å²) in [5, 5.41) is 8.90. The second-order valence-electron chi connectivity index (χ2n) is 14.9. The number of carboxylic acids is 1. The van der Waals surface area contributed by atoms with Crippen molar-refractivity contribution in [2.45, 2.75) is 109 Å². The Hall–Kier alpha value is -2.91. The number of hydrogen-bond donors (Lipinski definition) is 1. The zero-order valence-electron chi connectivity index (χ0n) is 26.6. The van der Waals surface area contributed by atoms with E-state index >= 15 is 0 Å². The van der Waals surface area contributed by atoms with E-state index in [4.69, 9.17) is 28.8 Å². The van der Waals surface area contributed by atoms with E-state index in [2.05, 4.69) is 13.8 Å². The molecule has 6 aliphatic rings. The molecule has 9 heteroatoms. The number of carbonyl (C=O) groups excluding carboxylic acids is 2. The number of cyclic esters (lactones) is 1. The number of methoxy groups -OCH3 is 1. The maximum absolute atomic E-state index is 12.5. The molecule has 2 bridgehead atoms. The fraction of sp³-hybridized carbons (Fsp3) is 0.694. The van der Waals surface area contributed by atoms with E-state index in [1.165, 1.54) is 0 Å². The van der Waals surface area contributed by atoms with Crippen LogP contribution in [0.3, 0.4) is 0 Å². The number of benzene rings is 1. The largest absolute Gasteiger partial charge is 0.497 e. The van der Waals surface area contributed by atoms with Crippen LogP contribution in [0.2, 0.25) is 0 Å². The van der Waals surface area contributed by atoms with Crippen LogP contribution in [0, 0.1) is 34.5 Å². The van der Waals surface area contributed by atoms with Gasteiger partial charge in [0.25, 0.3) is 0 Å². The summed E-state index contributed by atoms with van der Waals surface area (Å²) in [6.07, 6.45) is 9.17. The molecule has 2 heterocycles. The maximum Gasteiger partial charge on any atom is 0.331 e. The average Bonchev–Trinajstić information content (AvgIpc) is 3.51. The third-order valence-electron chi connectivity index (χ3n) is 12.9. The summed E-state index contributed by atoms with van der Waals surface area (Å²) in [4.78, 5) is 35.6. The molecule has 1 aromatic carbocycles. The summed E-state index contributed by atoms with van der Waals surface area (Å²) >= 11 is 0. The zero-order chi connectivity index (χ0) is 31.6. The van der Waals surface area contributed by atoms with Crippen molar-refractivity contribution < 1.29 is 43.2 Å². The third kappa shape index (κ3) is 5.00. The number of fused-ring (bicyclic) bond motifs is 4. The van der Waals surface area contributed by atoms with Crippen molar-refractivity contribution in [2.75, 3.05) is 13.7 Å². The number of carbonyl (C=O) groups is 3. The molecule has 5 fully saturated rings. The van der Waals surface area contributed by atoms with Crippen LogP contribution in [-0.2, 0) is 33.3 Å². The van der Waals surface area contributed by atoms with E-state index in [-0.39, 0.29) is 53.7 Å². The molecule has 2 aliphatic heterocycles. The van der Waals surface area contributed by atoms with E-state index in [9.17, 15) is 14.4 Å². The van der Waals surface area contributed by atoms with Crippen molar-refractivity contribution in [3.05, 3.63) is 41.5 Å². The van der Waals surface area contributed by atoms with Crippen LogP contribution >= 0.6 is 0 Å². The summed E-state index contributed by atoms with van der Waals surface area (Å²) in [6.45, 7) is 5.17. The molecule has 1 spiro atoms. The van der Waals surface area contributed by atoms with E-state index in [1.807, 2.05) is 24.3 Å². The van der Waals surface area contributed by atoms with Crippen molar-refractivity contribution in [2.24, 2.45) is 34.5 Å². The van der Waals surface area contributed by atoms with Crippen LogP contribution in [-0.4, -0.2) is 54.5 Å². The standard InChI is InChI=1S/C36H46O9/c1-34-15-13-25(43-30(39)6-4-5-29(37)38)18-23(34)9-12-27-26(34)14-16-35(2)32(22-17-31(40)42-20-22)28-19-36(27,35)45-33(44-28)21-7-10-24(41-3)11-8-21/h7-8,10-11,17,23,25-28,32-33H,4-6,9,12-16,18-20H2,1-3H3,(H,37,38)/t23-,25+,26+,27-,28+,32+,33?,34+,35-,36+/m1/s1. The summed E-state index contributed by atoms with van der Waals surface area (Å²) in [6, 6.07) is 7.96. The fourth-order valence-corrected chi connectivity index (χ4v) is 10.8. The maximum atomic E-state index is 12.5. The number of carboxylic acid groups (broad SMARTS) is 1. The first-order chi connectivity index (χ1) is 21.6. The topological polar surface area (TPSA) is 118 Å². The van der Waals surface area contributed by atoms with Crippen LogP contribution < -0.4 is 4.74 Å². The smallest absolute Gasteiger partial charge is 0.331 e. The number of hydrogen-bond acceptors (Lipinski definition) is 8. The Bertz CT molecular complexity index is 1370. The highest BCUT2D eigenvalue weighted by Crippen LogP contribution is 2.73. The minimum absolute atomic E-state index is 0.0149. The normalized spacial score (nSPS) is 41.6. The van der Waals surface area contributed by atoms with Crippen LogP contribution in [0.25, 0.3) is 0 Å². The molecule has 10 atom stereocenters. The van der Waals surface area contributed by atoms with Gasteiger partial charge >= 0.3 is 17.9 Å². The Morgan fingerprint density at radius 1 is 1.02 bits per heavy atom. The van der Waals surface area contributed by atoms with Gasteiger partial charge in [0.05, 0.1) is 18.8 Å². The van der Waals surface area contributed by atoms with Crippen LogP contribution in [0.1, 0.15) is 96.3 Å². The number of esters is 2. The first kappa shape index (κ1) is 30.7. The SMILES string of the molecule is COc1ccc(C2O[C@H]3C[C@]4(O2)[C@@H]2CC[C@@H]5C[C@@H](OC(=O)CCCC(=O)O)CC[C@]5(C)[C@H]2CC[C@]4(C)[C@H]3C2=CC(=O)OC2)cc1. The molecular formula is C36H46O9. The Kier molecular flexibility index (Phi) is 7.79. The van der Waals surface area contributed by atoms with Gasteiger partial charge in [-0.15, -0.1) is 0 Å². The molecule has 1 saturated heterocycles. The van der Waals surface area contributed by atoms with Gasteiger partial charge in [0, 0.05) is 42.2 Å². The summed E-state index contributed by atoms with van der Waals surface area (Å²) in [5.41, 5.74) is 1.52. The van der Waals surface area contributed by atoms with Gasteiger partial charge in [0.1, 0.15) is 18.5 Å². The lowest BCUT2D eigenvalue weighted by molar-refractivity contribution is -0.319. The average molecular weight is 623 g/mol. The van der Waals surface area contributed by atoms with Gasteiger partial charge in [-0.2, -0.15) is 0 Å². The molecule has 0 aromatic heterocycles. The van der Waals surface area contributed by atoms with Crippen molar-refractivity contribution in [1.29, 1.82) is 0 Å². The van der Waals surface area contributed by atoms with Crippen molar-refractivity contribution >= 4 is 17.9 Å². The number of ether oxygens (including phenoxy) is 5. The molecule has 1 aromatic rings. The molecule has 4 aliphatic carbocycles. The summed E-state index contributed by atoms with van der Waals surface area (Å²) in [7, 11) is 1.66. The quantitative estimate of drug-likeness (QED) is 0.341. The van der Waals surface area contributed by atoms with Crippen molar-refractivity contribution in [3.8, 4) is 5.75 Å². The molecule has 244 valence electrons. The highest BCUT2D eigenvalue weighted by molar-refractivity contribution is 5.85. The lowest BCUT2D eigenvalue weighted by Gasteiger charge is -2.65. The predicted molar refractivity (Wildman–Crippen MR) is 162 cm³/mol. The van der Waals surface area contributed by atoms with Gasteiger partial charge in [-0.1, -0.05) is 26.0 Å². The second-order valence-corrected chi connectivity index (χ2v) is 14.9. The highest BCUT2D eigenvalue weighted by atomic mass is 16.7. The lowest BCUT2D eigenvalue weighted by Crippen LogP contribution is -2.63. The predicted octanol–water partition coefficient (Wildman–Crippen LogP) is 6.15. The Morgan fingerprint density at radius 3 is 2.53 bits per heavy atom. The minimum atomic E-state index is -0.887. The van der Waals surface area contributed by atoms with Crippen LogP contribution in [0.15, 0.2) is 35.9 Å². The zero-order valence-corrected chi connectivity index (χ0v) is 26.6. The summed E-state index contributed by atoms with van der Waals surface area (Å²) < 4.78 is 30.9. The van der Waals surface area contributed by atoms with E-state index < -0.39 is 17.9 Å². The first-order valence-corrected chi connectivity index (χ1v) is 16.8. The molecule has 4 saturated carbocycles. The molecule has 45 heavy (non-hydrogen) atoms. The Balaban J connectivity index is 1.15. The van der Waals surface area contributed by atoms with Gasteiger partial charge in [-0.3, -0.25) is 9.59 Å². The molecule has 0 amide bonds. The van der Waals surface area contributed by atoms with Gasteiger partial charge in [-0.05, 0) is 92.2 Å². The third-order valence-corrected chi connectivity index (χ3v) is 12.9. The Labute approximate surface area is 265 Å². The number of rotatable bonds is 8. The fourth-order valence-electron chi connectivity index (χ4n) is 10.8.